The van der Waals surface area contributed by atoms with Gasteiger partial charge >= 0.3 is 0 Å². The average Bonchev–Trinajstić information content (AvgIpc) is 3.21. The largest absolute Gasteiger partial charge is 0.465 e. The summed E-state index contributed by atoms with van der Waals surface area (Å²) in [7, 11) is 0. The van der Waals surface area contributed by atoms with Crippen molar-refractivity contribution in [2.45, 2.75) is 31.8 Å². The monoisotopic (exact) mass is 307 g/mol. The lowest BCUT2D eigenvalue weighted by Gasteiger charge is -2.28. The third-order valence-corrected chi connectivity index (χ3v) is 4.38. The Bertz CT molecular complexity index is 491. The van der Waals surface area contributed by atoms with Gasteiger partial charge in [-0.25, -0.2) is 0 Å². The number of morpholine rings is 1. The Morgan fingerprint density at radius 3 is 2.91 bits per heavy atom. The first-order chi connectivity index (χ1) is 10.7. The quantitative estimate of drug-likeness (QED) is 0.843. The van der Waals surface area contributed by atoms with Gasteiger partial charge in [0.1, 0.15) is 17.6 Å². The molecule has 122 valence electrons. The lowest BCUT2D eigenvalue weighted by Crippen LogP contribution is -2.52. The standard InChI is InChI=1S/C16H25N3O3/c1-12-4-5-15(22-12)14(19-7-2-3-8-19)10-18-16(20)13-11-21-9-6-17-13/h4-5,13-14,17H,2-3,6-11H2,1H3,(H,18,20). The van der Waals surface area contributed by atoms with Gasteiger partial charge in [0.2, 0.25) is 5.91 Å². The minimum atomic E-state index is -0.244. The van der Waals surface area contributed by atoms with Crippen molar-refractivity contribution >= 4 is 5.91 Å². The van der Waals surface area contributed by atoms with Gasteiger partial charge in [0, 0.05) is 13.1 Å². The van der Waals surface area contributed by atoms with Crippen LogP contribution >= 0.6 is 0 Å². The van der Waals surface area contributed by atoms with Crippen molar-refractivity contribution in [2.24, 2.45) is 0 Å². The van der Waals surface area contributed by atoms with E-state index in [1.54, 1.807) is 0 Å². The predicted octanol–water partition coefficient (Wildman–Crippen LogP) is 0.830. The van der Waals surface area contributed by atoms with Crippen LogP contribution in [-0.2, 0) is 9.53 Å². The van der Waals surface area contributed by atoms with Crippen molar-refractivity contribution in [1.82, 2.24) is 15.5 Å². The highest BCUT2D eigenvalue weighted by atomic mass is 16.5. The molecule has 0 saturated carbocycles. The Hall–Kier alpha value is -1.37. The molecule has 2 N–H and O–H groups in total. The zero-order valence-corrected chi connectivity index (χ0v) is 13.1. The summed E-state index contributed by atoms with van der Waals surface area (Å²) in [6.45, 7) is 6.49. The molecule has 2 aliphatic heterocycles. The summed E-state index contributed by atoms with van der Waals surface area (Å²) in [5, 5.41) is 6.24. The normalized spacial score (nSPS) is 24.3. The molecule has 0 radical (unpaired) electrons. The average molecular weight is 307 g/mol. The summed E-state index contributed by atoms with van der Waals surface area (Å²) in [6.07, 6.45) is 2.42. The third kappa shape index (κ3) is 3.69. The van der Waals surface area contributed by atoms with Crippen LogP contribution in [0.15, 0.2) is 16.5 Å². The second-order valence-corrected chi connectivity index (χ2v) is 6.03. The van der Waals surface area contributed by atoms with Gasteiger partial charge in [-0.15, -0.1) is 0 Å². The van der Waals surface area contributed by atoms with Crippen molar-refractivity contribution < 1.29 is 13.9 Å². The van der Waals surface area contributed by atoms with Crippen LogP contribution < -0.4 is 10.6 Å². The zero-order chi connectivity index (χ0) is 15.4. The maximum absolute atomic E-state index is 12.3. The summed E-state index contributed by atoms with van der Waals surface area (Å²) in [6, 6.07) is 3.87. The number of hydrogen-bond acceptors (Lipinski definition) is 5. The number of aryl methyl sites for hydroxylation is 1. The first-order valence-corrected chi connectivity index (χ1v) is 8.13. The van der Waals surface area contributed by atoms with Gasteiger partial charge in [0.25, 0.3) is 0 Å². The molecule has 22 heavy (non-hydrogen) atoms. The molecule has 6 heteroatoms. The molecule has 0 spiro atoms. The Morgan fingerprint density at radius 1 is 1.45 bits per heavy atom. The number of nitrogens with one attached hydrogen (secondary N) is 2. The minimum Gasteiger partial charge on any atom is -0.465 e. The first kappa shape index (κ1) is 15.5. The third-order valence-electron chi connectivity index (χ3n) is 4.38. The number of amides is 1. The van der Waals surface area contributed by atoms with Gasteiger partial charge in [-0.1, -0.05) is 0 Å². The fraction of sp³-hybridized carbons (Fsp3) is 0.688. The molecule has 3 heterocycles. The predicted molar refractivity (Wildman–Crippen MR) is 82.6 cm³/mol. The van der Waals surface area contributed by atoms with Crippen LogP contribution in [0.25, 0.3) is 0 Å². The van der Waals surface area contributed by atoms with E-state index in [0.717, 1.165) is 31.2 Å². The molecule has 1 amide bonds. The molecule has 2 fully saturated rings. The summed E-state index contributed by atoms with van der Waals surface area (Å²) in [5.74, 6) is 1.85. The fourth-order valence-corrected chi connectivity index (χ4v) is 3.15. The fourth-order valence-electron chi connectivity index (χ4n) is 3.15. The van der Waals surface area contributed by atoms with E-state index >= 15 is 0 Å². The molecule has 2 aliphatic rings. The molecular weight excluding hydrogens is 282 g/mol. The summed E-state index contributed by atoms with van der Waals surface area (Å²) < 4.78 is 11.1. The summed E-state index contributed by atoms with van der Waals surface area (Å²) in [4.78, 5) is 14.6. The van der Waals surface area contributed by atoms with Gasteiger partial charge < -0.3 is 19.8 Å². The molecule has 3 rings (SSSR count). The summed E-state index contributed by atoms with van der Waals surface area (Å²) in [5.41, 5.74) is 0. The van der Waals surface area contributed by atoms with Gasteiger partial charge in [-0.3, -0.25) is 9.69 Å². The van der Waals surface area contributed by atoms with Crippen LogP contribution in [0.3, 0.4) is 0 Å². The summed E-state index contributed by atoms with van der Waals surface area (Å²) >= 11 is 0. The van der Waals surface area contributed by atoms with E-state index in [1.165, 1.54) is 12.8 Å². The molecule has 2 atom stereocenters. The second-order valence-electron chi connectivity index (χ2n) is 6.03. The van der Waals surface area contributed by atoms with Crippen molar-refractivity contribution in [3.05, 3.63) is 23.7 Å². The Morgan fingerprint density at radius 2 is 2.27 bits per heavy atom. The number of hydrogen-bond donors (Lipinski definition) is 2. The second kappa shape index (κ2) is 7.26. The van der Waals surface area contributed by atoms with E-state index in [-0.39, 0.29) is 18.0 Å². The van der Waals surface area contributed by atoms with E-state index in [1.807, 2.05) is 19.1 Å². The van der Waals surface area contributed by atoms with E-state index in [4.69, 9.17) is 9.15 Å². The molecule has 0 bridgehead atoms. The number of likely N-dealkylation sites (tertiary alicyclic amines) is 1. The molecule has 1 aromatic heterocycles. The highest BCUT2D eigenvalue weighted by Gasteiger charge is 2.28. The molecule has 6 nitrogen and oxygen atoms in total. The molecule has 0 aromatic carbocycles. The van der Waals surface area contributed by atoms with Crippen molar-refractivity contribution in [1.29, 1.82) is 0 Å². The van der Waals surface area contributed by atoms with Crippen LogP contribution in [0.2, 0.25) is 0 Å². The molecule has 2 unspecified atom stereocenters. The lowest BCUT2D eigenvalue weighted by atomic mass is 10.2. The van der Waals surface area contributed by atoms with Crippen LogP contribution in [0, 0.1) is 6.92 Å². The van der Waals surface area contributed by atoms with Crippen LogP contribution in [0.4, 0.5) is 0 Å². The lowest BCUT2D eigenvalue weighted by molar-refractivity contribution is -0.126. The smallest absolute Gasteiger partial charge is 0.239 e. The first-order valence-electron chi connectivity index (χ1n) is 8.13. The van der Waals surface area contributed by atoms with E-state index in [2.05, 4.69) is 15.5 Å². The Kier molecular flexibility index (Phi) is 5.12. The number of nitrogens with zero attached hydrogens (tertiary/aromatic N) is 1. The van der Waals surface area contributed by atoms with Crippen molar-refractivity contribution in [2.75, 3.05) is 39.4 Å². The number of furan rings is 1. The zero-order valence-electron chi connectivity index (χ0n) is 13.1. The maximum atomic E-state index is 12.3. The molecule has 0 aliphatic carbocycles. The van der Waals surface area contributed by atoms with Gasteiger partial charge in [0.15, 0.2) is 0 Å². The van der Waals surface area contributed by atoms with Gasteiger partial charge in [0.05, 0.1) is 19.3 Å². The maximum Gasteiger partial charge on any atom is 0.239 e. The number of carbonyl (C=O) groups excluding carboxylic acids is 1. The highest BCUT2D eigenvalue weighted by Crippen LogP contribution is 2.26. The van der Waals surface area contributed by atoms with Gasteiger partial charge in [-0.05, 0) is 45.0 Å². The highest BCUT2D eigenvalue weighted by molar-refractivity contribution is 5.82. The SMILES string of the molecule is Cc1ccc(C(CNC(=O)C2COCCN2)N2CCCC2)o1. The van der Waals surface area contributed by atoms with E-state index < -0.39 is 0 Å². The van der Waals surface area contributed by atoms with Gasteiger partial charge in [-0.2, -0.15) is 0 Å². The number of rotatable bonds is 5. The van der Waals surface area contributed by atoms with Crippen LogP contribution in [0.5, 0.6) is 0 Å². The topological polar surface area (TPSA) is 66.7 Å². The molecule has 2 saturated heterocycles. The Labute approximate surface area is 131 Å². The molecular formula is C16H25N3O3. The van der Waals surface area contributed by atoms with Crippen molar-refractivity contribution in [3.8, 4) is 0 Å². The van der Waals surface area contributed by atoms with E-state index in [9.17, 15) is 4.79 Å². The minimum absolute atomic E-state index is 0.00664. The van der Waals surface area contributed by atoms with Crippen LogP contribution in [0.1, 0.15) is 30.4 Å². The van der Waals surface area contributed by atoms with Crippen LogP contribution in [-0.4, -0.2) is 56.2 Å². The molecule has 1 aromatic rings. The van der Waals surface area contributed by atoms with Crippen molar-refractivity contribution in [3.63, 3.8) is 0 Å². The Balaban J connectivity index is 1.61. The number of carbonyl (C=O) groups is 1. The number of ether oxygens (including phenoxy) is 1. The van der Waals surface area contributed by atoms with E-state index in [0.29, 0.717) is 19.8 Å².